The van der Waals surface area contributed by atoms with Crippen molar-refractivity contribution in [2.24, 2.45) is 5.92 Å². The van der Waals surface area contributed by atoms with Gasteiger partial charge in [0, 0.05) is 6.00 Å². The predicted octanol–water partition coefficient (Wildman–Crippen LogP) is 1.70. The summed E-state index contributed by atoms with van der Waals surface area (Å²) >= 11 is 0. The number of hydrogen-bond acceptors (Lipinski definition) is 3. The summed E-state index contributed by atoms with van der Waals surface area (Å²) in [4.78, 5) is 0. The molecule has 1 unspecified atom stereocenters. The molecule has 0 aliphatic carbocycles. The van der Waals surface area contributed by atoms with Crippen LogP contribution in [0.25, 0.3) is 0 Å². The van der Waals surface area contributed by atoms with E-state index in [2.05, 4.69) is 20.8 Å². The Morgan fingerprint density at radius 2 is 2.20 bits per heavy atom. The normalized spacial score (nSPS) is 31.3. The molecule has 2 radical (unpaired) electrons. The Kier molecular flexibility index (Phi) is 5.65. The summed E-state index contributed by atoms with van der Waals surface area (Å²) < 4.78 is 16.5. The molecule has 1 aliphatic rings. The molecule has 1 saturated heterocycles. The lowest BCUT2D eigenvalue weighted by atomic mass is 9.96. The lowest BCUT2D eigenvalue weighted by Crippen LogP contribution is -2.25. The van der Waals surface area contributed by atoms with Crippen LogP contribution in [-0.4, -0.2) is 39.5 Å². The molecule has 1 rings (SSSR count). The first-order chi connectivity index (χ1) is 7.13. The summed E-state index contributed by atoms with van der Waals surface area (Å²) in [5.41, 5.74) is 0. The Morgan fingerprint density at radius 3 is 2.80 bits per heavy atom. The predicted molar refractivity (Wildman–Crippen MR) is 59.9 cm³/mol. The molecule has 0 aromatic heterocycles. The highest BCUT2D eigenvalue weighted by Crippen LogP contribution is 2.23. The Labute approximate surface area is 93.9 Å². The van der Waals surface area contributed by atoms with E-state index in [1.165, 1.54) is 0 Å². The molecule has 1 aliphatic heterocycles. The van der Waals surface area contributed by atoms with E-state index in [0.29, 0.717) is 12.7 Å². The quantitative estimate of drug-likeness (QED) is 0.381. The van der Waals surface area contributed by atoms with Gasteiger partial charge < -0.3 is 14.2 Å². The highest BCUT2D eigenvalue weighted by molar-refractivity contribution is 6.11. The van der Waals surface area contributed by atoms with E-state index in [4.69, 9.17) is 22.1 Å². The van der Waals surface area contributed by atoms with E-state index in [9.17, 15) is 0 Å². The zero-order valence-electron chi connectivity index (χ0n) is 9.94. The summed E-state index contributed by atoms with van der Waals surface area (Å²) in [5, 5.41) is 0. The molecule has 0 N–H and O–H groups in total. The molecule has 0 aromatic rings. The molecule has 15 heavy (non-hydrogen) atoms. The van der Waals surface area contributed by atoms with Crippen LogP contribution in [0.4, 0.5) is 0 Å². The maximum atomic E-state index is 5.70. The van der Waals surface area contributed by atoms with E-state index in [1.54, 1.807) is 0 Å². The summed E-state index contributed by atoms with van der Waals surface area (Å²) in [7, 11) is 5.70. The van der Waals surface area contributed by atoms with Crippen LogP contribution in [0.5, 0.6) is 0 Å². The lowest BCUT2D eigenvalue weighted by Gasteiger charge is -2.17. The van der Waals surface area contributed by atoms with E-state index in [1.807, 2.05) is 0 Å². The minimum atomic E-state index is -0.176. The van der Waals surface area contributed by atoms with Gasteiger partial charge in [-0.2, -0.15) is 0 Å². The third kappa shape index (κ3) is 4.54. The highest BCUT2D eigenvalue weighted by Gasteiger charge is 2.31. The van der Waals surface area contributed by atoms with E-state index in [-0.39, 0.29) is 18.2 Å². The van der Waals surface area contributed by atoms with Gasteiger partial charge in [-0.1, -0.05) is 20.8 Å². The number of ether oxygens (including phenoxy) is 3. The van der Waals surface area contributed by atoms with Crippen molar-refractivity contribution in [3.05, 3.63) is 0 Å². The fourth-order valence-electron chi connectivity index (χ4n) is 1.70. The fraction of sp³-hybridized carbons (Fsp3) is 1.00. The summed E-state index contributed by atoms with van der Waals surface area (Å²) in [6.07, 6.45) is 1.92. The minimum Gasteiger partial charge on any atom is -0.382 e. The molecule has 0 aromatic carbocycles. The maximum Gasteiger partial charge on any atom is 0.147 e. The van der Waals surface area contributed by atoms with Crippen molar-refractivity contribution in [2.75, 3.05) is 13.4 Å². The smallest absolute Gasteiger partial charge is 0.147 e. The molecule has 1 heterocycles. The topological polar surface area (TPSA) is 27.7 Å². The van der Waals surface area contributed by atoms with Crippen LogP contribution in [0.2, 0.25) is 0 Å². The Bertz CT molecular complexity index is 175. The zero-order chi connectivity index (χ0) is 11.3. The van der Waals surface area contributed by atoms with Crippen molar-refractivity contribution >= 4 is 7.85 Å². The molecule has 3 atom stereocenters. The van der Waals surface area contributed by atoms with Crippen LogP contribution < -0.4 is 0 Å². The first-order valence-electron chi connectivity index (χ1n) is 5.73. The maximum absolute atomic E-state index is 5.70. The SMILES string of the molecule is [B][C@H]1CC(OCOCC(C)C)[C@@H](CC)O1. The third-order valence-corrected chi connectivity index (χ3v) is 2.45. The summed E-state index contributed by atoms with van der Waals surface area (Å²) in [6, 6.07) is -0.176. The molecule has 0 saturated carbocycles. The molecule has 0 amide bonds. The lowest BCUT2D eigenvalue weighted by molar-refractivity contribution is -0.112. The minimum absolute atomic E-state index is 0.0946. The third-order valence-electron chi connectivity index (χ3n) is 2.45. The van der Waals surface area contributed by atoms with Gasteiger partial charge >= 0.3 is 0 Å². The van der Waals surface area contributed by atoms with E-state index < -0.39 is 0 Å². The monoisotopic (exact) mass is 212 g/mol. The molecule has 1 fully saturated rings. The molecule has 86 valence electrons. The van der Waals surface area contributed by atoms with Gasteiger partial charge in [0.05, 0.1) is 18.8 Å². The molecule has 3 nitrogen and oxygen atoms in total. The average molecular weight is 212 g/mol. The van der Waals surface area contributed by atoms with Gasteiger partial charge in [-0.3, -0.25) is 0 Å². The van der Waals surface area contributed by atoms with Crippen molar-refractivity contribution in [1.82, 2.24) is 0 Å². The average Bonchev–Trinajstić information content (AvgIpc) is 2.53. The molecular formula is C11H21BO3. The van der Waals surface area contributed by atoms with Crippen LogP contribution in [0, 0.1) is 5.92 Å². The second-order valence-electron chi connectivity index (χ2n) is 4.44. The Balaban J connectivity index is 2.14. The van der Waals surface area contributed by atoms with Crippen molar-refractivity contribution in [3.8, 4) is 0 Å². The van der Waals surface area contributed by atoms with E-state index in [0.717, 1.165) is 19.4 Å². The second kappa shape index (κ2) is 6.51. The van der Waals surface area contributed by atoms with Crippen molar-refractivity contribution < 1.29 is 14.2 Å². The van der Waals surface area contributed by atoms with Gasteiger partial charge in [0.15, 0.2) is 0 Å². The first kappa shape index (κ1) is 13.0. The van der Waals surface area contributed by atoms with Gasteiger partial charge in [-0.05, 0) is 18.8 Å². The van der Waals surface area contributed by atoms with Crippen molar-refractivity contribution in [3.63, 3.8) is 0 Å². The van der Waals surface area contributed by atoms with Gasteiger partial charge in [-0.25, -0.2) is 0 Å². The molecular weight excluding hydrogens is 191 g/mol. The van der Waals surface area contributed by atoms with Crippen LogP contribution in [0.15, 0.2) is 0 Å². The summed E-state index contributed by atoms with van der Waals surface area (Å²) in [5.74, 6) is 0.539. The van der Waals surface area contributed by atoms with Gasteiger partial charge in [-0.15, -0.1) is 0 Å². The van der Waals surface area contributed by atoms with E-state index >= 15 is 0 Å². The Morgan fingerprint density at radius 1 is 1.47 bits per heavy atom. The van der Waals surface area contributed by atoms with Crippen LogP contribution in [0.1, 0.15) is 33.6 Å². The van der Waals surface area contributed by atoms with Crippen LogP contribution in [0.3, 0.4) is 0 Å². The molecule has 0 bridgehead atoms. The van der Waals surface area contributed by atoms with Gasteiger partial charge in [0.2, 0.25) is 0 Å². The highest BCUT2D eigenvalue weighted by atomic mass is 16.7. The fourth-order valence-corrected chi connectivity index (χ4v) is 1.70. The molecule has 4 heteroatoms. The van der Waals surface area contributed by atoms with Gasteiger partial charge in [0.1, 0.15) is 14.6 Å². The zero-order valence-corrected chi connectivity index (χ0v) is 9.94. The number of hydrogen-bond donors (Lipinski definition) is 0. The first-order valence-corrected chi connectivity index (χ1v) is 5.73. The Hall–Kier alpha value is -0.0551. The van der Waals surface area contributed by atoms with Crippen LogP contribution >= 0.6 is 0 Å². The van der Waals surface area contributed by atoms with Crippen molar-refractivity contribution in [1.29, 1.82) is 0 Å². The standard InChI is InChI=1S/C11H21BO3/c1-4-9-10(5-11(12)15-9)14-7-13-6-8(2)3/h8-11H,4-7H2,1-3H3/t9-,10?,11-/m1/s1. The number of rotatable bonds is 6. The largest absolute Gasteiger partial charge is 0.382 e. The van der Waals surface area contributed by atoms with Crippen molar-refractivity contribution in [2.45, 2.75) is 51.8 Å². The molecule has 0 spiro atoms. The summed E-state index contributed by atoms with van der Waals surface area (Å²) in [6.45, 7) is 7.38. The van der Waals surface area contributed by atoms with Gasteiger partial charge in [0.25, 0.3) is 0 Å². The second-order valence-corrected chi connectivity index (χ2v) is 4.44. The van der Waals surface area contributed by atoms with Crippen LogP contribution in [-0.2, 0) is 14.2 Å².